The number of thiophene rings is 1. The molecule has 2 aromatic carbocycles. The van der Waals surface area contributed by atoms with Crippen molar-refractivity contribution < 1.29 is 14.0 Å². The van der Waals surface area contributed by atoms with Crippen LogP contribution in [0.4, 0.5) is 14.9 Å². The largest absolute Gasteiger partial charge is 0.339 e. The van der Waals surface area contributed by atoms with Crippen molar-refractivity contribution in [2.45, 2.75) is 51.6 Å². The van der Waals surface area contributed by atoms with Crippen LogP contribution < -0.4 is 5.32 Å². The number of piperazine rings is 1. The Balaban J connectivity index is 1.17. The summed E-state index contributed by atoms with van der Waals surface area (Å²) >= 11 is 1.75. The maximum Gasteiger partial charge on any atom is 0.322 e. The first kappa shape index (κ1) is 27.3. The number of rotatable bonds is 6. The zero-order valence-electron chi connectivity index (χ0n) is 22.9. The highest BCUT2D eigenvalue weighted by Crippen LogP contribution is 2.38. The van der Waals surface area contributed by atoms with E-state index in [-0.39, 0.29) is 29.8 Å². The normalized spacial score (nSPS) is 19.7. The molecule has 8 heteroatoms. The molecule has 2 aliphatic heterocycles. The Hall–Kier alpha value is -3.23. The summed E-state index contributed by atoms with van der Waals surface area (Å²) in [6, 6.07) is 16.6. The van der Waals surface area contributed by atoms with E-state index in [1.54, 1.807) is 23.5 Å². The summed E-state index contributed by atoms with van der Waals surface area (Å²) in [5.41, 5.74) is 4.15. The van der Waals surface area contributed by atoms with Gasteiger partial charge in [-0.25, -0.2) is 9.18 Å². The van der Waals surface area contributed by atoms with Gasteiger partial charge in [-0.2, -0.15) is 0 Å². The van der Waals surface area contributed by atoms with Gasteiger partial charge >= 0.3 is 6.03 Å². The zero-order valence-corrected chi connectivity index (χ0v) is 23.7. The number of anilines is 1. The molecule has 1 aromatic heterocycles. The van der Waals surface area contributed by atoms with Crippen LogP contribution in [-0.4, -0.2) is 65.4 Å². The molecule has 206 valence electrons. The first-order valence-corrected chi connectivity index (χ1v) is 14.7. The number of halogens is 1. The van der Waals surface area contributed by atoms with Crippen LogP contribution >= 0.6 is 11.3 Å². The minimum atomic E-state index is -0.241. The van der Waals surface area contributed by atoms with E-state index < -0.39 is 0 Å². The zero-order chi connectivity index (χ0) is 27.5. The van der Waals surface area contributed by atoms with E-state index in [9.17, 15) is 14.0 Å². The summed E-state index contributed by atoms with van der Waals surface area (Å²) in [5, 5.41) is 5.10. The lowest BCUT2D eigenvalue weighted by molar-refractivity contribution is -0.134. The summed E-state index contributed by atoms with van der Waals surface area (Å²) in [6.45, 7) is 9.25. The molecule has 3 aromatic rings. The van der Waals surface area contributed by atoms with E-state index in [1.165, 1.54) is 22.1 Å². The first-order chi connectivity index (χ1) is 18.8. The minimum absolute atomic E-state index is 0.0439. The summed E-state index contributed by atoms with van der Waals surface area (Å²) < 4.78 is 14.1. The minimum Gasteiger partial charge on any atom is -0.339 e. The number of fused-ring (bicyclic) bond motifs is 1. The van der Waals surface area contributed by atoms with Crippen LogP contribution in [0.3, 0.4) is 0 Å². The topological polar surface area (TPSA) is 55.9 Å². The van der Waals surface area contributed by atoms with Gasteiger partial charge < -0.3 is 15.1 Å². The summed E-state index contributed by atoms with van der Waals surface area (Å²) in [4.78, 5) is 33.5. The molecule has 0 aliphatic carbocycles. The second kappa shape index (κ2) is 11.9. The smallest absolute Gasteiger partial charge is 0.322 e. The van der Waals surface area contributed by atoms with E-state index >= 15 is 0 Å². The highest BCUT2D eigenvalue weighted by atomic mass is 32.1. The van der Waals surface area contributed by atoms with Crippen LogP contribution in [0.2, 0.25) is 0 Å². The van der Waals surface area contributed by atoms with Crippen LogP contribution in [-0.2, 0) is 11.2 Å². The van der Waals surface area contributed by atoms with Crippen molar-refractivity contribution in [2.75, 3.05) is 38.0 Å². The number of hydrogen-bond donors (Lipinski definition) is 1. The van der Waals surface area contributed by atoms with E-state index in [1.807, 2.05) is 47.1 Å². The van der Waals surface area contributed by atoms with Crippen LogP contribution in [0.1, 0.15) is 60.7 Å². The number of hydrogen-bond acceptors (Lipinski definition) is 4. The lowest BCUT2D eigenvalue weighted by Crippen LogP contribution is -2.56. The predicted octanol–water partition coefficient (Wildman–Crippen LogP) is 6.11. The van der Waals surface area contributed by atoms with Crippen molar-refractivity contribution in [3.05, 3.63) is 87.4 Å². The number of urea groups is 1. The van der Waals surface area contributed by atoms with Gasteiger partial charge in [-0.15, -0.1) is 11.3 Å². The average molecular weight is 549 g/mol. The second-order valence-electron chi connectivity index (χ2n) is 10.9. The molecule has 2 unspecified atom stereocenters. The third kappa shape index (κ3) is 6.17. The molecule has 0 bridgehead atoms. The van der Waals surface area contributed by atoms with Crippen molar-refractivity contribution in [2.24, 2.45) is 0 Å². The fourth-order valence-corrected chi connectivity index (χ4v) is 6.61. The molecular formula is C31H37FN4O2S. The molecule has 2 aliphatic rings. The average Bonchev–Trinajstić information content (AvgIpc) is 3.40. The molecule has 2 atom stereocenters. The SMILES string of the molecule is CC(C)c1ccc(NC(=O)N2CCN(C(=O)CCN3CCc4sccc4C3c3cccc(F)c3)CC2C)cc1. The van der Waals surface area contributed by atoms with Crippen LogP contribution in [0, 0.1) is 5.82 Å². The predicted molar refractivity (Wildman–Crippen MR) is 155 cm³/mol. The van der Waals surface area contributed by atoms with Gasteiger partial charge in [0.15, 0.2) is 0 Å². The molecule has 1 N–H and O–H groups in total. The van der Waals surface area contributed by atoms with E-state index in [0.717, 1.165) is 24.2 Å². The molecule has 0 spiro atoms. The number of carbonyl (C=O) groups excluding carboxylic acids is 2. The van der Waals surface area contributed by atoms with Crippen molar-refractivity contribution >= 4 is 29.0 Å². The van der Waals surface area contributed by atoms with Gasteiger partial charge in [-0.1, -0.05) is 38.1 Å². The lowest BCUT2D eigenvalue weighted by atomic mass is 9.93. The van der Waals surface area contributed by atoms with E-state index in [4.69, 9.17) is 0 Å². The molecule has 1 saturated heterocycles. The maximum absolute atomic E-state index is 14.1. The van der Waals surface area contributed by atoms with Gasteiger partial charge in [0.25, 0.3) is 0 Å². The van der Waals surface area contributed by atoms with Crippen molar-refractivity contribution in [1.29, 1.82) is 0 Å². The van der Waals surface area contributed by atoms with Crippen molar-refractivity contribution in [3.8, 4) is 0 Å². The molecular weight excluding hydrogens is 511 g/mol. The Bertz CT molecular complexity index is 1310. The Morgan fingerprint density at radius 3 is 2.59 bits per heavy atom. The van der Waals surface area contributed by atoms with Gasteiger partial charge in [0.05, 0.1) is 6.04 Å². The molecule has 39 heavy (non-hydrogen) atoms. The quantitative estimate of drug-likeness (QED) is 0.404. The highest BCUT2D eigenvalue weighted by molar-refractivity contribution is 7.10. The van der Waals surface area contributed by atoms with Gasteiger partial charge in [0.1, 0.15) is 5.82 Å². The number of benzene rings is 2. The Kier molecular flexibility index (Phi) is 8.33. The summed E-state index contributed by atoms with van der Waals surface area (Å²) in [5.74, 6) is 0.297. The fraction of sp³-hybridized carbons (Fsp3) is 0.419. The van der Waals surface area contributed by atoms with Gasteiger partial charge in [0, 0.05) is 55.8 Å². The van der Waals surface area contributed by atoms with Crippen molar-refractivity contribution in [1.82, 2.24) is 14.7 Å². The second-order valence-corrected chi connectivity index (χ2v) is 11.9. The Morgan fingerprint density at radius 1 is 1.08 bits per heavy atom. The standard InChI is InChI=1S/C31H37FN4O2S/c1-21(2)23-7-9-26(10-8-23)33-31(38)36-17-16-35(20-22(36)3)29(37)12-15-34-14-11-28-27(13-18-39-28)30(34)24-5-4-6-25(32)19-24/h4-10,13,18-19,21-22,30H,11-12,14-17,20H2,1-3H3,(H,33,38). The molecule has 3 amide bonds. The number of carbonyl (C=O) groups is 2. The lowest BCUT2D eigenvalue weighted by Gasteiger charge is -2.40. The van der Waals surface area contributed by atoms with Gasteiger partial charge in [0.2, 0.25) is 5.91 Å². The molecule has 6 nitrogen and oxygen atoms in total. The Morgan fingerprint density at radius 2 is 1.87 bits per heavy atom. The van der Waals surface area contributed by atoms with Gasteiger partial charge in [-0.05, 0) is 71.7 Å². The molecule has 5 rings (SSSR count). The van der Waals surface area contributed by atoms with E-state index in [2.05, 4.69) is 35.5 Å². The molecule has 3 heterocycles. The third-order valence-electron chi connectivity index (χ3n) is 7.91. The summed E-state index contributed by atoms with van der Waals surface area (Å²) in [6.07, 6.45) is 1.34. The monoisotopic (exact) mass is 548 g/mol. The van der Waals surface area contributed by atoms with Gasteiger partial charge in [-0.3, -0.25) is 9.69 Å². The molecule has 0 saturated carbocycles. The Labute approximate surface area is 234 Å². The number of nitrogens with one attached hydrogen (secondary N) is 1. The number of amides is 3. The van der Waals surface area contributed by atoms with Crippen molar-refractivity contribution in [3.63, 3.8) is 0 Å². The third-order valence-corrected chi connectivity index (χ3v) is 8.91. The molecule has 0 radical (unpaired) electrons. The first-order valence-electron chi connectivity index (χ1n) is 13.8. The summed E-state index contributed by atoms with van der Waals surface area (Å²) in [7, 11) is 0. The molecule has 1 fully saturated rings. The number of nitrogens with zero attached hydrogens (tertiary/aromatic N) is 3. The van der Waals surface area contributed by atoms with Crippen LogP contribution in [0.25, 0.3) is 0 Å². The highest BCUT2D eigenvalue weighted by Gasteiger charge is 2.32. The van der Waals surface area contributed by atoms with Crippen LogP contribution in [0.5, 0.6) is 0 Å². The maximum atomic E-state index is 14.1. The van der Waals surface area contributed by atoms with Crippen LogP contribution in [0.15, 0.2) is 60.0 Å². The van der Waals surface area contributed by atoms with E-state index in [0.29, 0.717) is 38.5 Å². The fourth-order valence-electron chi connectivity index (χ4n) is 5.71.